The highest BCUT2D eigenvalue weighted by Crippen LogP contribution is 2.23. The zero-order valence-electron chi connectivity index (χ0n) is 13.0. The van der Waals surface area contributed by atoms with Crippen LogP contribution in [0.4, 0.5) is 0 Å². The Morgan fingerprint density at radius 1 is 1.35 bits per heavy atom. The number of benzene rings is 1. The van der Waals surface area contributed by atoms with E-state index in [1.165, 1.54) is 5.56 Å². The normalized spacial score (nSPS) is 20.6. The Morgan fingerprint density at radius 3 is 2.55 bits per heavy atom. The van der Waals surface area contributed by atoms with Gasteiger partial charge in [-0.25, -0.2) is 0 Å². The Kier molecular flexibility index (Phi) is 4.61. The first-order valence-electron chi connectivity index (χ1n) is 7.43. The van der Waals surface area contributed by atoms with Crippen molar-refractivity contribution in [2.45, 2.75) is 45.7 Å². The third-order valence-electron chi connectivity index (χ3n) is 4.20. The molecular weight excluding hydrogens is 250 g/mol. The maximum atomic E-state index is 12.6. The van der Waals surface area contributed by atoms with Crippen LogP contribution < -0.4 is 0 Å². The van der Waals surface area contributed by atoms with Crippen LogP contribution in [0, 0.1) is 0 Å². The Bertz CT molecular complexity index is 464. The van der Waals surface area contributed by atoms with Crippen LogP contribution >= 0.6 is 0 Å². The third-order valence-corrected chi connectivity index (χ3v) is 4.20. The molecule has 0 bridgehead atoms. The minimum Gasteiger partial charge on any atom is -0.378 e. The van der Waals surface area contributed by atoms with Crippen LogP contribution in [0.15, 0.2) is 24.3 Å². The van der Waals surface area contributed by atoms with Gasteiger partial charge in [-0.3, -0.25) is 9.69 Å². The summed E-state index contributed by atoms with van der Waals surface area (Å²) in [7, 11) is 0. The van der Waals surface area contributed by atoms with Gasteiger partial charge in [0.05, 0.1) is 19.3 Å². The van der Waals surface area contributed by atoms with E-state index in [1.807, 2.05) is 31.2 Å². The molecule has 0 amide bonds. The maximum Gasteiger partial charge on any atom is 0.179 e. The van der Waals surface area contributed by atoms with Crippen molar-refractivity contribution in [1.82, 2.24) is 4.90 Å². The van der Waals surface area contributed by atoms with Gasteiger partial charge < -0.3 is 4.74 Å². The minimum atomic E-state index is -0.110. The molecule has 20 heavy (non-hydrogen) atoms. The first-order valence-corrected chi connectivity index (χ1v) is 7.43. The number of ketones is 1. The summed E-state index contributed by atoms with van der Waals surface area (Å²) in [5, 5.41) is 0. The predicted molar refractivity (Wildman–Crippen MR) is 81.2 cm³/mol. The van der Waals surface area contributed by atoms with Gasteiger partial charge >= 0.3 is 0 Å². The van der Waals surface area contributed by atoms with Crippen molar-refractivity contribution < 1.29 is 9.53 Å². The summed E-state index contributed by atoms with van der Waals surface area (Å²) in [6, 6.07) is 7.88. The van der Waals surface area contributed by atoms with E-state index in [-0.39, 0.29) is 17.4 Å². The van der Waals surface area contributed by atoms with E-state index in [4.69, 9.17) is 4.74 Å². The summed E-state index contributed by atoms with van der Waals surface area (Å²) in [5.41, 5.74) is 1.98. The molecule has 0 spiro atoms. The first-order chi connectivity index (χ1) is 9.45. The number of morpholine rings is 1. The van der Waals surface area contributed by atoms with Crippen LogP contribution in [-0.4, -0.2) is 42.0 Å². The SMILES string of the molecule is CCc1ccc(C(=O)C(C)N2CCOCC2(C)C)cc1. The number of Topliss-reactive ketones (excluding diaryl/α,β-unsaturated/α-hetero) is 1. The van der Waals surface area contributed by atoms with Crippen LogP contribution in [0.1, 0.15) is 43.6 Å². The number of carbonyl (C=O) groups excluding carboxylic acids is 1. The van der Waals surface area contributed by atoms with Gasteiger partial charge in [-0.1, -0.05) is 31.2 Å². The van der Waals surface area contributed by atoms with Crippen molar-refractivity contribution >= 4 is 5.78 Å². The molecule has 2 rings (SSSR count). The van der Waals surface area contributed by atoms with E-state index in [2.05, 4.69) is 25.7 Å². The molecule has 1 saturated heterocycles. The fourth-order valence-corrected chi connectivity index (χ4v) is 2.88. The minimum absolute atomic E-state index is 0.0866. The molecule has 0 radical (unpaired) electrons. The lowest BCUT2D eigenvalue weighted by Gasteiger charge is -2.45. The molecule has 1 atom stereocenters. The molecule has 1 aromatic rings. The second kappa shape index (κ2) is 6.06. The standard InChI is InChI=1S/C17H25NO2/c1-5-14-6-8-15(9-7-14)16(19)13(2)18-10-11-20-12-17(18,3)4/h6-9,13H,5,10-12H2,1-4H3. The van der Waals surface area contributed by atoms with E-state index in [1.54, 1.807) is 0 Å². The molecule has 1 fully saturated rings. The topological polar surface area (TPSA) is 29.5 Å². The van der Waals surface area contributed by atoms with Gasteiger partial charge in [-0.2, -0.15) is 0 Å². The number of aryl methyl sites for hydroxylation is 1. The second-order valence-corrected chi connectivity index (χ2v) is 6.15. The zero-order valence-corrected chi connectivity index (χ0v) is 13.0. The zero-order chi connectivity index (χ0) is 14.8. The van der Waals surface area contributed by atoms with Crippen molar-refractivity contribution in [3.8, 4) is 0 Å². The molecule has 0 aromatic heterocycles. The molecule has 1 heterocycles. The Labute approximate surface area is 121 Å². The molecule has 1 aliphatic rings. The lowest BCUT2D eigenvalue weighted by atomic mass is 9.95. The summed E-state index contributed by atoms with van der Waals surface area (Å²) in [4.78, 5) is 14.9. The van der Waals surface area contributed by atoms with Gasteiger partial charge in [0.25, 0.3) is 0 Å². The Morgan fingerprint density at radius 2 is 2.00 bits per heavy atom. The molecule has 0 aliphatic carbocycles. The highest BCUT2D eigenvalue weighted by atomic mass is 16.5. The highest BCUT2D eigenvalue weighted by Gasteiger charge is 2.36. The van der Waals surface area contributed by atoms with Gasteiger partial charge in [0.1, 0.15) is 0 Å². The molecule has 1 aliphatic heterocycles. The van der Waals surface area contributed by atoms with Crippen molar-refractivity contribution in [2.75, 3.05) is 19.8 Å². The lowest BCUT2D eigenvalue weighted by molar-refractivity contribution is -0.0626. The van der Waals surface area contributed by atoms with E-state index in [0.717, 1.165) is 18.5 Å². The number of ether oxygens (including phenoxy) is 1. The van der Waals surface area contributed by atoms with Gasteiger partial charge in [0.2, 0.25) is 0 Å². The average molecular weight is 275 g/mol. The summed E-state index contributed by atoms with van der Waals surface area (Å²) < 4.78 is 5.53. The number of hydrogen-bond donors (Lipinski definition) is 0. The van der Waals surface area contributed by atoms with E-state index in [0.29, 0.717) is 13.2 Å². The Hall–Kier alpha value is -1.19. The van der Waals surface area contributed by atoms with Crippen molar-refractivity contribution in [3.63, 3.8) is 0 Å². The molecule has 3 heteroatoms. The largest absolute Gasteiger partial charge is 0.378 e. The van der Waals surface area contributed by atoms with Crippen LogP contribution in [0.25, 0.3) is 0 Å². The quantitative estimate of drug-likeness (QED) is 0.791. The molecule has 110 valence electrons. The van der Waals surface area contributed by atoms with Gasteiger partial charge in [-0.05, 0) is 32.8 Å². The number of rotatable bonds is 4. The van der Waals surface area contributed by atoms with Crippen molar-refractivity contribution in [2.24, 2.45) is 0 Å². The van der Waals surface area contributed by atoms with Crippen molar-refractivity contribution in [1.29, 1.82) is 0 Å². The summed E-state index contributed by atoms with van der Waals surface area (Å²) in [5.74, 6) is 0.197. The summed E-state index contributed by atoms with van der Waals surface area (Å²) in [6.45, 7) is 10.6. The maximum absolute atomic E-state index is 12.6. The first kappa shape index (κ1) is 15.2. The smallest absolute Gasteiger partial charge is 0.179 e. The Balaban J connectivity index is 2.14. The fourth-order valence-electron chi connectivity index (χ4n) is 2.88. The molecule has 1 unspecified atom stereocenters. The predicted octanol–water partition coefficient (Wildman–Crippen LogP) is 2.93. The molecular formula is C17H25NO2. The van der Waals surface area contributed by atoms with E-state index < -0.39 is 0 Å². The third kappa shape index (κ3) is 3.10. The van der Waals surface area contributed by atoms with Crippen LogP contribution in [-0.2, 0) is 11.2 Å². The van der Waals surface area contributed by atoms with Gasteiger partial charge in [0, 0.05) is 17.6 Å². The van der Waals surface area contributed by atoms with Gasteiger partial charge in [0.15, 0.2) is 5.78 Å². The molecule has 0 saturated carbocycles. The number of hydrogen-bond acceptors (Lipinski definition) is 3. The monoisotopic (exact) mass is 275 g/mol. The van der Waals surface area contributed by atoms with E-state index >= 15 is 0 Å². The van der Waals surface area contributed by atoms with Crippen LogP contribution in [0.3, 0.4) is 0 Å². The van der Waals surface area contributed by atoms with Crippen LogP contribution in [0.2, 0.25) is 0 Å². The summed E-state index contributed by atoms with van der Waals surface area (Å²) >= 11 is 0. The summed E-state index contributed by atoms with van der Waals surface area (Å²) in [6.07, 6.45) is 1.00. The molecule has 1 aromatic carbocycles. The molecule has 3 nitrogen and oxygen atoms in total. The molecule has 0 N–H and O–H groups in total. The fraction of sp³-hybridized carbons (Fsp3) is 0.588. The highest BCUT2D eigenvalue weighted by molar-refractivity contribution is 5.99. The van der Waals surface area contributed by atoms with E-state index in [9.17, 15) is 4.79 Å². The van der Waals surface area contributed by atoms with Crippen molar-refractivity contribution in [3.05, 3.63) is 35.4 Å². The second-order valence-electron chi connectivity index (χ2n) is 6.15. The number of carbonyl (C=O) groups is 1. The van der Waals surface area contributed by atoms with Crippen LogP contribution in [0.5, 0.6) is 0 Å². The number of nitrogens with zero attached hydrogens (tertiary/aromatic N) is 1. The average Bonchev–Trinajstić information content (AvgIpc) is 2.45. The lowest BCUT2D eigenvalue weighted by Crippen LogP contribution is -2.58. The van der Waals surface area contributed by atoms with Gasteiger partial charge in [-0.15, -0.1) is 0 Å².